The third kappa shape index (κ3) is 3.70. The summed E-state index contributed by atoms with van der Waals surface area (Å²) >= 11 is 0. The van der Waals surface area contributed by atoms with Crippen LogP contribution in [0.15, 0.2) is 18.2 Å². The summed E-state index contributed by atoms with van der Waals surface area (Å²) in [5, 5.41) is 3.61. The number of aryl methyl sites for hydroxylation is 1. The third-order valence-corrected chi connectivity index (χ3v) is 6.35. The number of sulfonamides is 1. The second-order valence-corrected chi connectivity index (χ2v) is 8.52. The van der Waals surface area contributed by atoms with Gasteiger partial charge in [-0.1, -0.05) is 6.07 Å². The second-order valence-electron chi connectivity index (χ2n) is 6.59. The van der Waals surface area contributed by atoms with E-state index in [4.69, 9.17) is 4.74 Å². The molecule has 1 fully saturated rings. The van der Waals surface area contributed by atoms with Crippen LogP contribution in [0.2, 0.25) is 0 Å². The lowest BCUT2D eigenvalue weighted by Gasteiger charge is -2.30. The number of benzene rings is 1. The molecule has 6 heteroatoms. The minimum Gasteiger partial charge on any atom is -0.497 e. The summed E-state index contributed by atoms with van der Waals surface area (Å²) < 4.78 is 30.7. The molecule has 0 amide bonds. The van der Waals surface area contributed by atoms with Gasteiger partial charge in [-0.2, -0.15) is 4.31 Å². The topological polar surface area (TPSA) is 58.6 Å². The molecule has 0 saturated carbocycles. The van der Waals surface area contributed by atoms with Gasteiger partial charge in [0, 0.05) is 25.2 Å². The standard InChI is InChI=1S/C17H26N2O3S/c1-22-15-8-9-16-13(11-15)5-3-7-17(16)18-12-14-6-4-10-19(14)23(2,20)21/h8-9,11,14,17-18H,3-7,10,12H2,1-2H3/t14-,17-/m1/s1. The number of fused-ring (bicyclic) bond motifs is 1. The maximum absolute atomic E-state index is 11.8. The van der Waals surface area contributed by atoms with Gasteiger partial charge in [0.15, 0.2) is 0 Å². The Morgan fingerprint density at radius 3 is 2.87 bits per heavy atom. The largest absolute Gasteiger partial charge is 0.497 e. The summed E-state index contributed by atoms with van der Waals surface area (Å²) in [6, 6.07) is 6.69. The van der Waals surface area contributed by atoms with Crippen LogP contribution < -0.4 is 10.1 Å². The highest BCUT2D eigenvalue weighted by atomic mass is 32.2. The number of nitrogens with zero attached hydrogens (tertiary/aromatic N) is 1. The van der Waals surface area contributed by atoms with Crippen molar-refractivity contribution >= 4 is 10.0 Å². The maximum Gasteiger partial charge on any atom is 0.211 e. The number of hydrogen-bond donors (Lipinski definition) is 1. The van der Waals surface area contributed by atoms with Crippen LogP contribution in [0.3, 0.4) is 0 Å². The Bertz CT molecular complexity index is 660. The first kappa shape index (κ1) is 16.7. The molecular formula is C17H26N2O3S. The van der Waals surface area contributed by atoms with Crippen molar-refractivity contribution < 1.29 is 13.2 Å². The lowest BCUT2D eigenvalue weighted by Crippen LogP contribution is -2.42. The van der Waals surface area contributed by atoms with Gasteiger partial charge in [0.05, 0.1) is 13.4 Å². The molecule has 1 aliphatic heterocycles. The van der Waals surface area contributed by atoms with Gasteiger partial charge in [0.2, 0.25) is 10.0 Å². The number of hydrogen-bond acceptors (Lipinski definition) is 4. The highest BCUT2D eigenvalue weighted by Crippen LogP contribution is 2.32. The molecule has 1 aromatic rings. The molecule has 2 atom stereocenters. The van der Waals surface area contributed by atoms with Gasteiger partial charge >= 0.3 is 0 Å². The van der Waals surface area contributed by atoms with Crippen molar-refractivity contribution in [3.8, 4) is 5.75 Å². The molecule has 1 aromatic carbocycles. The van der Waals surface area contributed by atoms with Crippen LogP contribution in [0.25, 0.3) is 0 Å². The minimum absolute atomic E-state index is 0.0913. The number of methoxy groups -OCH3 is 1. The average molecular weight is 338 g/mol. The molecule has 1 heterocycles. The van der Waals surface area contributed by atoms with Crippen LogP contribution in [0, 0.1) is 0 Å². The zero-order valence-corrected chi connectivity index (χ0v) is 14.7. The van der Waals surface area contributed by atoms with E-state index in [9.17, 15) is 8.42 Å². The van der Waals surface area contributed by atoms with E-state index in [1.807, 2.05) is 6.07 Å². The van der Waals surface area contributed by atoms with Gasteiger partial charge in [-0.3, -0.25) is 0 Å². The van der Waals surface area contributed by atoms with Gasteiger partial charge in [-0.15, -0.1) is 0 Å². The Hall–Kier alpha value is -1.11. The van der Waals surface area contributed by atoms with Gasteiger partial charge in [0.1, 0.15) is 5.75 Å². The molecule has 3 rings (SSSR count). The van der Waals surface area contributed by atoms with Crippen LogP contribution >= 0.6 is 0 Å². The molecule has 2 aliphatic rings. The number of nitrogens with one attached hydrogen (secondary N) is 1. The van der Waals surface area contributed by atoms with E-state index in [-0.39, 0.29) is 6.04 Å². The van der Waals surface area contributed by atoms with E-state index in [0.29, 0.717) is 12.6 Å². The van der Waals surface area contributed by atoms with E-state index >= 15 is 0 Å². The molecule has 23 heavy (non-hydrogen) atoms. The molecule has 0 unspecified atom stereocenters. The first-order chi connectivity index (χ1) is 11.0. The van der Waals surface area contributed by atoms with Crippen molar-refractivity contribution in [2.75, 3.05) is 26.5 Å². The van der Waals surface area contributed by atoms with Crippen molar-refractivity contribution in [1.29, 1.82) is 0 Å². The molecule has 0 radical (unpaired) electrons. The number of rotatable bonds is 5. The third-order valence-electron chi connectivity index (χ3n) is 5.01. The van der Waals surface area contributed by atoms with Crippen molar-refractivity contribution in [1.82, 2.24) is 9.62 Å². The lowest BCUT2D eigenvalue weighted by atomic mass is 9.87. The van der Waals surface area contributed by atoms with Gasteiger partial charge < -0.3 is 10.1 Å². The maximum atomic E-state index is 11.8. The van der Waals surface area contributed by atoms with E-state index < -0.39 is 10.0 Å². The van der Waals surface area contributed by atoms with Crippen LogP contribution in [0.1, 0.15) is 42.9 Å². The Balaban J connectivity index is 1.68. The molecule has 128 valence electrons. The fraction of sp³-hybridized carbons (Fsp3) is 0.647. The molecular weight excluding hydrogens is 312 g/mol. The normalized spacial score (nSPS) is 25.3. The van der Waals surface area contributed by atoms with Gasteiger partial charge in [0.25, 0.3) is 0 Å². The molecule has 1 aliphatic carbocycles. The van der Waals surface area contributed by atoms with Gasteiger partial charge in [-0.25, -0.2) is 8.42 Å². The van der Waals surface area contributed by atoms with Gasteiger partial charge in [-0.05, 0) is 55.4 Å². The summed E-state index contributed by atoms with van der Waals surface area (Å²) in [6.45, 7) is 1.38. The van der Waals surface area contributed by atoms with Crippen LogP contribution in [0.5, 0.6) is 5.75 Å². The Kier molecular flexibility index (Phi) is 4.94. The summed E-state index contributed by atoms with van der Waals surface area (Å²) in [6.07, 6.45) is 6.56. The van der Waals surface area contributed by atoms with E-state index in [1.54, 1.807) is 11.4 Å². The first-order valence-electron chi connectivity index (χ1n) is 8.36. The monoisotopic (exact) mass is 338 g/mol. The predicted octanol–water partition coefficient (Wildman–Crippen LogP) is 2.09. The molecule has 0 spiro atoms. The smallest absolute Gasteiger partial charge is 0.211 e. The van der Waals surface area contributed by atoms with Crippen molar-refractivity contribution in [3.05, 3.63) is 29.3 Å². The molecule has 5 nitrogen and oxygen atoms in total. The van der Waals surface area contributed by atoms with Crippen LogP contribution in [0.4, 0.5) is 0 Å². The van der Waals surface area contributed by atoms with Crippen molar-refractivity contribution in [2.45, 2.75) is 44.2 Å². The first-order valence-corrected chi connectivity index (χ1v) is 10.2. The molecule has 1 saturated heterocycles. The Morgan fingerprint density at radius 1 is 1.30 bits per heavy atom. The fourth-order valence-electron chi connectivity index (χ4n) is 3.86. The fourth-order valence-corrected chi connectivity index (χ4v) is 5.04. The second kappa shape index (κ2) is 6.79. The van der Waals surface area contributed by atoms with Crippen molar-refractivity contribution in [3.63, 3.8) is 0 Å². The zero-order valence-electron chi connectivity index (χ0n) is 13.9. The summed E-state index contributed by atoms with van der Waals surface area (Å²) in [5.41, 5.74) is 2.68. The summed E-state index contributed by atoms with van der Waals surface area (Å²) in [7, 11) is -1.40. The molecule has 1 N–H and O–H groups in total. The van der Waals surface area contributed by atoms with Crippen molar-refractivity contribution in [2.24, 2.45) is 0 Å². The SMILES string of the molecule is COc1ccc2c(c1)CCC[C@H]2NC[C@H]1CCCN1S(C)(=O)=O. The number of ether oxygens (including phenoxy) is 1. The summed E-state index contributed by atoms with van der Waals surface area (Å²) in [5.74, 6) is 0.906. The van der Waals surface area contributed by atoms with Crippen LogP contribution in [-0.4, -0.2) is 45.2 Å². The van der Waals surface area contributed by atoms with Crippen LogP contribution in [-0.2, 0) is 16.4 Å². The molecule has 0 bridgehead atoms. The highest BCUT2D eigenvalue weighted by molar-refractivity contribution is 7.88. The minimum atomic E-state index is -3.10. The Morgan fingerprint density at radius 2 is 2.13 bits per heavy atom. The van der Waals surface area contributed by atoms with E-state index in [2.05, 4.69) is 17.4 Å². The van der Waals surface area contributed by atoms with E-state index in [1.165, 1.54) is 17.4 Å². The quantitative estimate of drug-likeness (QED) is 0.893. The highest BCUT2D eigenvalue weighted by Gasteiger charge is 2.32. The zero-order chi connectivity index (χ0) is 16.4. The molecule has 0 aromatic heterocycles. The summed E-state index contributed by atoms with van der Waals surface area (Å²) in [4.78, 5) is 0. The lowest BCUT2D eigenvalue weighted by molar-refractivity contribution is 0.347. The predicted molar refractivity (Wildman–Crippen MR) is 91.2 cm³/mol. The Labute approximate surface area is 139 Å². The van der Waals surface area contributed by atoms with E-state index in [0.717, 1.165) is 44.4 Å². The average Bonchev–Trinajstić information content (AvgIpc) is 3.01.